The second kappa shape index (κ2) is 7.35. The van der Waals surface area contributed by atoms with E-state index in [1.54, 1.807) is 15.9 Å². The largest absolute Gasteiger partial charge is 0.369 e. The Bertz CT molecular complexity index is 893. The number of nitrogens with zero attached hydrogens (tertiary/aromatic N) is 2. The number of carbonyl (C=O) groups excluding carboxylic acids is 1. The average molecular weight is 394 g/mol. The van der Waals surface area contributed by atoms with E-state index in [-0.39, 0.29) is 16.7 Å². The first-order chi connectivity index (χ1) is 12.2. The van der Waals surface area contributed by atoms with Crippen LogP contribution in [0.2, 0.25) is 0 Å². The minimum atomic E-state index is -0.397. The van der Waals surface area contributed by atoms with E-state index < -0.39 is 5.91 Å². The monoisotopic (exact) mass is 393 g/mol. The number of primary amides is 1. The van der Waals surface area contributed by atoms with Crippen molar-refractivity contribution in [3.8, 4) is 0 Å². The van der Waals surface area contributed by atoms with Gasteiger partial charge in [-0.25, -0.2) is 4.98 Å². The molecular weight excluding hydrogens is 366 g/mol. The van der Waals surface area contributed by atoms with Crippen molar-refractivity contribution in [2.24, 2.45) is 17.1 Å². The van der Waals surface area contributed by atoms with Crippen LogP contribution in [0.1, 0.15) is 51.0 Å². The summed E-state index contributed by atoms with van der Waals surface area (Å²) >= 11 is 2.91. The van der Waals surface area contributed by atoms with Crippen LogP contribution in [0.3, 0.4) is 0 Å². The van der Waals surface area contributed by atoms with Crippen LogP contribution >= 0.6 is 23.1 Å². The zero-order valence-electron chi connectivity index (χ0n) is 15.9. The fraction of sp³-hybridized carbons (Fsp3) is 0.632. The molecule has 0 saturated heterocycles. The van der Waals surface area contributed by atoms with Crippen molar-refractivity contribution >= 4 is 39.2 Å². The van der Waals surface area contributed by atoms with Crippen LogP contribution in [0.5, 0.6) is 0 Å². The smallest absolute Gasteiger partial charge is 0.263 e. The highest BCUT2D eigenvalue weighted by molar-refractivity contribution is 7.99. The van der Waals surface area contributed by atoms with Gasteiger partial charge in [0.2, 0.25) is 5.91 Å². The molecule has 2 N–H and O–H groups in total. The van der Waals surface area contributed by atoms with E-state index in [0.717, 1.165) is 35.9 Å². The predicted octanol–water partition coefficient (Wildman–Crippen LogP) is 3.60. The summed E-state index contributed by atoms with van der Waals surface area (Å²) in [5.74, 6) is 0.370. The molecule has 142 valence electrons. The van der Waals surface area contributed by atoms with Crippen LogP contribution in [0.15, 0.2) is 9.95 Å². The molecular formula is C19H27N3O2S2. The van der Waals surface area contributed by atoms with Crippen LogP contribution < -0.4 is 11.3 Å². The number of hydrogen-bond donors (Lipinski definition) is 1. The first-order valence-corrected chi connectivity index (χ1v) is 11.0. The van der Waals surface area contributed by atoms with Crippen LogP contribution in [0.25, 0.3) is 10.2 Å². The molecule has 1 aliphatic rings. The molecule has 0 aromatic carbocycles. The van der Waals surface area contributed by atoms with Gasteiger partial charge in [0.05, 0.1) is 11.1 Å². The van der Waals surface area contributed by atoms with Gasteiger partial charge in [0.25, 0.3) is 5.56 Å². The first kappa shape index (κ1) is 19.4. The zero-order valence-corrected chi connectivity index (χ0v) is 17.6. The number of rotatable bonds is 5. The Morgan fingerprint density at radius 1 is 1.42 bits per heavy atom. The Kier molecular flexibility index (Phi) is 5.49. The highest BCUT2D eigenvalue weighted by Gasteiger charge is 2.32. The Morgan fingerprint density at radius 2 is 2.15 bits per heavy atom. The number of thioether (sulfide) groups is 1. The van der Waals surface area contributed by atoms with E-state index in [4.69, 9.17) is 10.7 Å². The molecule has 1 aliphatic carbocycles. The lowest BCUT2D eigenvalue weighted by Gasteiger charge is -2.33. The van der Waals surface area contributed by atoms with Gasteiger partial charge in [-0.2, -0.15) is 0 Å². The van der Waals surface area contributed by atoms with Gasteiger partial charge in [-0.05, 0) is 42.6 Å². The normalized spacial score (nSPS) is 17.5. The fourth-order valence-electron chi connectivity index (χ4n) is 3.65. The summed E-state index contributed by atoms with van der Waals surface area (Å²) in [6, 6.07) is 0. The molecule has 7 heteroatoms. The summed E-state index contributed by atoms with van der Waals surface area (Å²) in [7, 11) is 0. The van der Waals surface area contributed by atoms with Crippen LogP contribution in [-0.4, -0.2) is 21.2 Å². The molecule has 0 fully saturated rings. The summed E-state index contributed by atoms with van der Waals surface area (Å²) < 4.78 is 1.72. The van der Waals surface area contributed by atoms with Crippen LogP contribution in [0, 0.1) is 11.3 Å². The Hall–Kier alpha value is -1.34. The van der Waals surface area contributed by atoms with Gasteiger partial charge >= 0.3 is 0 Å². The second-order valence-corrected chi connectivity index (χ2v) is 10.1. The van der Waals surface area contributed by atoms with Gasteiger partial charge < -0.3 is 5.73 Å². The average Bonchev–Trinajstić information content (AvgIpc) is 2.92. The van der Waals surface area contributed by atoms with Crippen molar-refractivity contribution < 1.29 is 4.79 Å². The number of carbonyl (C=O) groups is 1. The fourth-order valence-corrected chi connectivity index (χ4v) is 5.75. The zero-order chi connectivity index (χ0) is 19.1. The van der Waals surface area contributed by atoms with Gasteiger partial charge in [-0.15, -0.1) is 11.3 Å². The number of aryl methyl sites for hydroxylation is 1. The molecule has 2 heterocycles. The number of thiophene rings is 1. The van der Waals surface area contributed by atoms with Crippen molar-refractivity contribution in [3.05, 3.63) is 20.8 Å². The van der Waals surface area contributed by atoms with E-state index in [1.807, 2.05) is 6.92 Å². The van der Waals surface area contributed by atoms with Crippen LogP contribution in [0.4, 0.5) is 0 Å². The van der Waals surface area contributed by atoms with Crippen LogP contribution in [-0.2, 0) is 24.2 Å². The first-order valence-electron chi connectivity index (χ1n) is 9.18. The van der Waals surface area contributed by atoms with Gasteiger partial charge in [0, 0.05) is 11.4 Å². The molecule has 0 aliphatic heterocycles. The maximum atomic E-state index is 13.2. The van der Waals surface area contributed by atoms with E-state index in [0.29, 0.717) is 17.6 Å². The van der Waals surface area contributed by atoms with E-state index in [9.17, 15) is 9.59 Å². The highest BCUT2D eigenvalue weighted by atomic mass is 32.2. The molecule has 1 unspecified atom stereocenters. The van der Waals surface area contributed by atoms with Crippen molar-refractivity contribution in [1.29, 1.82) is 0 Å². The standard InChI is InChI=1S/C19H27N3O2S2/c1-5-8-22-17(24)15-12-7-6-11(19(2,3)4)9-13(12)26-16(15)21-18(22)25-10-14(20)23/h11H,5-10H2,1-4H3,(H2,20,23). The molecule has 1 amide bonds. The van der Waals surface area contributed by atoms with Gasteiger partial charge in [0.1, 0.15) is 4.83 Å². The maximum absolute atomic E-state index is 13.2. The molecule has 2 aromatic heterocycles. The van der Waals surface area contributed by atoms with Gasteiger partial charge in [0.15, 0.2) is 5.16 Å². The molecule has 5 nitrogen and oxygen atoms in total. The summed E-state index contributed by atoms with van der Waals surface area (Å²) in [4.78, 5) is 31.2. The third-order valence-corrected chi connectivity index (χ3v) is 7.30. The number of aromatic nitrogens is 2. The predicted molar refractivity (Wildman–Crippen MR) is 109 cm³/mol. The van der Waals surface area contributed by atoms with Gasteiger partial charge in [-0.3, -0.25) is 14.2 Å². The minimum absolute atomic E-state index is 0.0375. The third kappa shape index (κ3) is 3.69. The molecule has 0 saturated carbocycles. The quantitative estimate of drug-likeness (QED) is 0.622. The lowest BCUT2D eigenvalue weighted by atomic mass is 9.72. The number of hydrogen-bond acceptors (Lipinski definition) is 5. The number of amides is 1. The number of nitrogens with two attached hydrogens (primary N) is 1. The summed E-state index contributed by atoms with van der Waals surface area (Å²) in [5.41, 5.74) is 6.79. The lowest BCUT2D eigenvalue weighted by Crippen LogP contribution is -2.27. The molecule has 1 atom stereocenters. The third-order valence-electron chi connectivity index (χ3n) is 5.15. The molecule has 0 radical (unpaired) electrons. The summed E-state index contributed by atoms with van der Waals surface area (Å²) in [6.45, 7) is 9.53. The van der Waals surface area contributed by atoms with E-state index in [2.05, 4.69) is 20.8 Å². The lowest BCUT2D eigenvalue weighted by molar-refractivity contribution is -0.115. The SMILES string of the molecule is CCCn1c(SCC(N)=O)nc2sc3c(c2c1=O)CCC(C(C)(C)C)C3. The molecule has 0 bridgehead atoms. The van der Waals surface area contributed by atoms with Crippen molar-refractivity contribution in [3.63, 3.8) is 0 Å². The van der Waals surface area contributed by atoms with Crippen molar-refractivity contribution in [1.82, 2.24) is 9.55 Å². The number of fused-ring (bicyclic) bond motifs is 3. The molecule has 2 aromatic rings. The van der Waals surface area contributed by atoms with E-state index >= 15 is 0 Å². The molecule has 3 rings (SSSR count). The maximum Gasteiger partial charge on any atom is 0.263 e. The molecule has 0 spiro atoms. The van der Waals surface area contributed by atoms with E-state index in [1.165, 1.54) is 22.2 Å². The topological polar surface area (TPSA) is 78.0 Å². The Labute approximate surface area is 162 Å². The van der Waals surface area contributed by atoms with Crippen molar-refractivity contribution in [2.45, 2.75) is 65.1 Å². The Balaban J connectivity index is 2.09. The van der Waals surface area contributed by atoms with Gasteiger partial charge in [-0.1, -0.05) is 39.5 Å². The Morgan fingerprint density at radius 3 is 2.77 bits per heavy atom. The molecule has 26 heavy (non-hydrogen) atoms. The minimum Gasteiger partial charge on any atom is -0.369 e. The van der Waals surface area contributed by atoms with Crippen molar-refractivity contribution in [2.75, 3.05) is 5.75 Å². The second-order valence-electron chi connectivity index (χ2n) is 8.10. The highest BCUT2D eigenvalue weighted by Crippen LogP contribution is 2.42. The summed E-state index contributed by atoms with van der Waals surface area (Å²) in [5, 5.41) is 1.41. The summed E-state index contributed by atoms with van der Waals surface area (Å²) in [6.07, 6.45) is 3.94.